The summed E-state index contributed by atoms with van der Waals surface area (Å²) in [5.74, 6) is -0.303. The molecule has 0 aromatic rings. The van der Waals surface area contributed by atoms with Crippen LogP contribution in [0.1, 0.15) is 46.5 Å². The van der Waals surface area contributed by atoms with Crippen LogP contribution in [0.15, 0.2) is 36.2 Å². The lowest BCUT2D eigenvalue weighted by molar-refractivity contribution is 0.245. The van der Waals surface area contributed by atoms with E-state index >= 15 is 0 Å². The number of likely N-dealkylation sites (tertiary alicyclic amines) is 1. The molecule has 1 fully saturated rings. The molecule has 0 saturated carbocycles. The van der Waals surface area contributed by atoms with Gasteiger partial charge in [0.25, 0.3) is 0 Å². The molecule has 0 aromatic carbocycles. The lowest BCUT2D eigenvalue weighted by atomic mass is 10.0. The minimum absolute atomic E-state index is 0.303. The van der Waals surface area contributed by atoms with Crippen molar-refractivity contribution in [3.63, 3.8) is 0 Å². The number of hydrogen-bond acceptors (Lipinski definition) is 1. The molecule has 0 aromatic heterocycles. The van der Waals surface area contributed by atoms with Gasteiger partial charge in [-0.15, -0.1) is 0 Å². The molecule has 1 nitrogen and oxygen atoms in total. The standard InChI is InChI=1S/C14H22FN.C2H6/c1-4-13(5-2)14(12(3)15)11-16-9-7-6-8-10-16;1-2/h4H,1,3,5-11H2,2H3;1-2H3/b14-13+;. The summed E-state index contributed by atoms with van der Waals surface area (Å²) < 4.78 is 13.4. The van der Waals surface area contributed by atoms with Crippen molar-refractivity contribution >= 4 is 0 Å². The van der Waals surface area contributed by atoms with E-state index in [1.165, 1.54) is 19.3 Å². The van der Waals surface area contributed by atoms with E-state index in [-0.39, 0.29) is 5.83 Å². The van der Waals surface area contributed by atoms with Gasteiger partial charge in [-0.3, -0.25) is 4.90 Å². The van der Waals surface area contributed by atoms with Gasteiger partial charge in [0.2, 0.25) is 0 Å². The molecular weight excluding hydrogens is 225 g/mol. The zero-order chi connectivity index (χ0) is 14.0. The first-order chi connectivity index (χ1) is 8.69. The van der Waals surface area contributed by atoms with Crippen LogP contribution in [0.5, 0.6) is 0 Å². The third kappa shape index (κ3) is 5.63. The summed E-state index contributed by atoms with van der Waals surface area (Å²) in [6.07, 6.45) is 6.32. The fourth-order valence-electron chi connectivity index (χ4n) is 2.18. The lowest BCUT2D eigenvalue weighted by Crippen LogP contribution is -2.31. The number of rotatable bonds is 5. The molecule has 1 aliphatic heterocycles. The molecule has 18 heavy (non-hydrogen) atoms. The molecule has 0 atom stereocenters. The highest BCUT2D eigenvalue weighted by Gasteiger charge is 2.15. The molecule has 1 heterocycles. The SMILES string of the molecule is C=C/C(CC)=C(/CN1CCCCC1)C(=C)F.CC. The number of halogens is 1. The third-order valence-corrected chi connectivity index (χ3v) is 3.17. The molecule has 104 valence electrons. The fraction of sp³-hybridized carbons (Fsp3) is 0.625. The van der Waals surface area contributed by atoms with Gasteiger partial charge in [0.15, 0.2) is 0 Å². The summed E-state index contributed by atoms with van der Waals surface area (Å²) in [6.45, 7) is 16.0. The maximum Gasteiger partial charge on any atom is 0.120 e. The Balaban J connectivity index is 0.00000137. The summed E-state index contributed by atoms with van der Waals surface area (Å²) in [5, 5.41) is 0. The van der Waals surface area contributed by atoms with Crippen molar-refractivity contribution in [2.45, 2.75) is 46.5 Å². The van der Waals surface area contributed by atoms with Crippen molar-refractivity contribution in [2.24, 2.45) is 0 Å². The van der Waals surface area contributed by atoms with Crippen molar-refractivity contribution in [1.82, 2.24) is 4.90 Å². The van der Waals surface area contributed by atoms with Crippen LogP contribution in [0.4, 0.5) is 4.39 Å². The van der Waals surface area contributed by atoms with E-state index in [0.717, 1.165) is 30.7 Å². The van der Waals surface area contributed by atoms with E-state index in [1.54, 1.807) is 6.08 Å². The Bertz CT molecular complexity index is 285. The Kier molecular flexibility index (Phi) is 9.57. The van der Waals surface area contributed by atoms with Crippen LogP contribution in [0.2, 0.25) is 0 Å². The minimum atomic E-state index is -0.303. The number of piperidine rings is 1. The van der Waals surface area contributed by atoms with Crippen molar-refractivity contribution in [3.8, 4) is 0 Å². The maximum atomic E-state index is 13.4. The third-order valence-electron chi connectivity index (χ3n) is 3.17. The second kappa shape index (κ2) is 10.1. The van der Waals surface area contributed by atoms with Crippen LogP contribution in [0.25, 0.3) is 0 Å². The number of allylic oxidation sites excluding steroid dienone is 2. The topological polar surface area (TPSA) is 3.24 Å². The molecule has 1 saturated heterocycles. The summed E-state index contributed by atoms with van der Waals surface area (Å²) in [7, 11) is 0. The highest BCUT2D eigenvalue weighted by atomic mass is 19.1. The highest BCUT2D eigenvalue weighted by Crippen LogP contribution is 2.21. The minimum Gasteiger partial charge on any atom is -0.299 e. The van der Waals surface area contributed by atoms with Gasteiger partial charge in [-0.05, 0) is 37.9 Å². The highest BCUT2D eigenvalue weighted by molar-refractivity contribution is 5.35. The van der Waals surface area contributed by atoms with Crippen LogP contribution in [-0.4, -0.2) is 24.5 Å². The van der Waals surface area contributed by atoms with Crippen molar-refractivity contribution in [3.05, 3.63) is 36.2 Å². The molecule has 0 bridgehead atoms. The number of hydrogen-bond donors (Lipinski definition) is 0. The van der Waals surface area contributed by atoms with Gasteiger partial charge < -0.3 is 0 Å². The number of nitrogens with zero attached hydrogens (tertiary/aromatic N) is 1. The quantitative estimate of drug-likeness (QED) is 0.631. The van der Waals surface area contributed by atoms with Gasteiger partial charge in [-0.25, -0.2) is 4.39 Å². The second-order valence-corrected chi connectivity index (χ2v) is 4.30. The zero-order valence-corrected chi connectivity index (χ0v) is 12.3. The second-order valence-electron chi connectivity index (χ2n) is 4.30. The van der Waals surface area contributed by atoms with Gasteiger partial charge in [0, 0.05) is 12.1 Å². The smallest absolute Gasteiger partial charge is 0.120 e. The first-order valence-corrected chi connectivity index (χ1v) is 7.10. The van der Waals surface area contributed by atoms with E-state index in [4.69, 9.17) is 0 Å². The fourth-order valence-corrected chi connectivity index (χ4v) is 2.18. The molecular formula is C16H28FN. The van der Waals surface area contributed by atoms with Crippen LogP contribution in [0, 0.1) is 0 Å². The van der Waals surface area contributed by atoms with Crippen LogP contribution >= 0.6 is 0 Å². The normalized spacial score (nSPS) is 17.3. The van der Waals surface area contributed by atoms with Crippen LogP contribution in [0.3, 0.4) is 0 Å². The largest absolute Gasteiger partial charge is 0.299 e. The molecule has 2 heteroatoms. The van der Waals surface area contributed by atoms with Crippen LogP contribution < -0.4 is 0 Å². The first-order valence-electron chi connectivity index (χ1n) is 7.10. The van der Waals surface area contributed by atoms with Crippen molar-refractivity contribution in [2.75, 3.05) is 19.6 Å². The van der Waals surface area contributed by atoms with Crippen molar-refractivity contribution in [1.29, 1.82) is 0 Å². The molecule has 0 aliphatic carbocycles. The average molecular weight is 253 g/mol. The summed E-state index contributed by atoms with van der Waals surface area (Å²) in [6, 6.07) is 0. The Labute approximate surface area is 112 Å². The monoisotopic (exact) mass is 253 g/mol. The summed E-state index contributed by atoms with van der Waals surface area (Å²) in [4.78, 5) is 2.31. The predicted octanol–water partition coefficient (Wildman–Crippen LogP) is 4.87. The lowest BCUT2D eigenvalue weighted by Gasteiger charge is -2.27. The Morgan fingerprint density at radius 1 is 1.22 bits per heavy atom. The molecule has 0 unspecified atom stereocenters. The molecule has 0 amide bonds. The van der Waals surface area contributed by atoms with E-state index in [0.29, 0.717) is 6.54 Å². The van der Waals surface area contributed by atoms with Gasteiger partial charge in [-0.2, -0.15) is 0 Å². The molecule has 1 aliphatic rings. The average Bonchev–Trinajstić information content (AvgIpc) is 2.42. The summed E-state index contributed by atoms with van der Waals surface area (Å²) in [5.41, 5.74) is 1.72. The maximum absolute atomic E-state index is 13.4. The van der Waals surface area contributed by atoms with E-state index < -0.39 is 0 Å². The van der Waals surface area contributed by atoms with Gasteiger partial charge in [-0.1, -0.05) is 46.4 Å². The first kappa shape index (κ1) is 17.1. The van der Waals surface area contributed by atoms with E-state index in [2.05, 4.69) is 18.1 Å². The zero-order valence-electron chi connectivity index (χ0n) is 12.3. The van der Waals surface area contributed by atoms with Crippen LogP contribution in [-0.2, 0) is 0 Å². The Morgan fingerprint density at radius 2 is 1.78 bits per heavy atom. The Morgan fingerprint density at radius 3 is 2.17 bits per heavy atom. The molecule has 0 radical (unpaired) electrons. The molecule has 0 spiro atoms. The molecule has 1 rings (SSSR count). The van der Waals surface area contributed by atoms with E-state index in [1.807, 2.05) is 20.8 Å². The van der Waals surface area contributed by atoms with Gasteiger partial charge >= 0.3 is 0 Å². The predicted molar refractivity (Wildman–Crippen MR) is 79.4 cm³/mol. The van der Waals surface area contributed by atoms with Gasteiger partial charge in [0.05, 0.1) is 0 Å². The summed E-state index contributed by atoms with van der Waals surface area (Å²) >= 11 is 0. The Hall–Kier alpha value is -0.890. The van der Waals surface area contributed by atoms with E-state index in [9.17, 15) is 4.39 Å². The molecule has 0 N–H and O–H groups in total. The van der Waals surface area contributed by atoms with Crippen molar-refractivity contribution < 1.29 is 4.39 Å². The van der Waals surface area contributed by atoms with Gasteiger partial charge in [0.1, 0.15) is 5.83 Å².